The average Bonchev–Trinajstić information content (AvgIpc) is 3.17. The zero-order chi connectivity index (χ0) is 21.5. The largest absolute Gasteiger partial charge is 0.455 e. The molecular weight excluding hydrogens is 398 g/mol. The molecule has 0 atom stereocenters. The summed E-state index contributed by atoms with van der Waals surface area (Å²) in [6.07, 6.45) is 1.57. The van der Waals surface area contributed by atoms with Gasteiger partial charge in [-0.05, 0) is 42.0 Å². The van der Waals surface area contributed by atoms with Crippen molar-refractivity contribution in [2.24, 2.45) is 0 Å². The van der Waals surface area contributed by atoms with E-state index < -0.39 is 9.85 Å². The van der Waals surface area contributed by atoms with Gasteiger partial charge in [-0.1, -0.05) is 18.2 Å². The molecule has 0 amide bonds. The molecule has 5 aromatic rings. The fraction of sp³-hybridized carbons (Fsp3) is 0. The number of hydrogen-bond acceptors (Lipinski definition) is 6. The maximum Gasteiger partial charge on any atom is 0.278 e. The highest BCUT2D eigenvalue weighted by Crippen LogP contribution is 2.44. The number of aromatic nitrogens is 1. The van der Waals surface area contributed by atoms with Crippen molar-refractivity contribution in [2.45, 2.75) is 0 Å². The van der Waals surface area contributed by atoms with E-state index in [-0.39, 0.29) is 11.4 Å². The summed E-state index contributed by atoms with van der Waals surface area (Å²) in [6, 6.07) is 20.0. The minimum Gasteiger partial charge on any atom is -0.455 e. The highest BCUT2D eigenvalue weighted by atomic mass is 16.6. The number of para-hydroxylation sites is 1. The lowest BCUT2D eigenvalue weighted by atomic mass is 9.96. The van der Waals surface area contributed by atoms with E-state index in [1.807, 2.05) is 24.3 Å². The number of nitro groups is 2. The molecule has 31 heavy (non-hydrogen) atoms. The molecule has 150 valence electrons. The normalized spacial score (nSPS) is 11.1. The van der Waals surface area contributed by atoms with Gasteiger partial charge >= 0.3 is 0 Å². The standard InChI is InChI=1S/C23H13N3O5/c27-25(28)15-9-7-14(8-10-15)21-17-4-1-2-6-20(17)31-23(21)18-11-12-19(26(29)30)16-5-3-13-24-22(16)18/h1-13H. The van der Waals surface area contributed by atoms with Crippen molar-refractivity contribution in [2.75, 3.05) is 0 Å². The van der Waals surface area contributed by atoms with Crippen molar-refractivity contribution in [3.8, 4) is 22.5 Å². The number of hydrogen-bond donors (Lipinski definition) is 0. The Morgan fingerprint density at radius 3 is 2.26 bits per heavy atom. The maximum atomic E-state index is 11.5. The summed E-state index contributed by atoms with van der Waals surface area (Å²) in [7, 11) is 0. The average molecular weight is 411 g/mol. The predicted octanol–water partition coefficient (Wildman–Crippen LogP) is 6.13. The summed E-state index contributed by atoms with van der Waals surface area (Å²) in [5.74, 6) is 0.494. The monoisotopic (exact) mass is 411 g/mol. The van der Waals surface area contributed by atoms with Crippen LogP contribution in [-0.2, 0) is 0 Å². The van der Waals surface area contributed by atoms with Crippen molar-refractivity contribution in [1.29, 1.82) is 0 Å². The number of non-ortho nitro benzene ring substituents is 2. The highest BCUT2D eigenvalue weighted by Gasteiger charge is 2.23. The van der Waals surface area contributed by atoms with Crippen molar-refractivity contribution >= 4 is 33.2 Å². The molecule has 8 heteroatoms. The van der Waals surface area contributed by atoms with E-state index >= 15 is 0 Å². The number of nitrogens with zero attached hydrogens (tertiary/aromatic N) is 3. The first-order valence-electron chi connectivity index (χ1n) is 9.33. The molecule has 8 nitrogen and oxygen atoms in total. The van der Waals surface area contributed by atoms with Gasteiger partial charge in [0.1, 0.15) is 11.3 Å². The van der Waals surface area contributed by atoms with E-state index in [1.165, 1.54) is 18.2 Å². The molecule has 0 saturated carbocycles. The van der Waals surface area contributed by atoms with Crippen LogP contribution in [0.5, 0.6) is 0 Å². The highest BCUT2D eigenvalue weighted by molar-refractivity contribution is 6.07. The number of benzene rings is 3. The molecule has 5 rings (SSSR count). The number of fused-ring (bicyclic) bond motifs is 2. The topological polar surface area (TPSA) is 112 Å². The summed E-state index contributed by atoms with van der Waals surface area (Å²) in [6.45, 7) is 0. The molecule has 2 heterocycles. The predicted molar refractivity (Wildman–Crippen MR) is 116 cm³/mol. The van der Waals surface area contributed by atoms with Gasteiger partial charge in [0, 0.05) is 40.9 Å². The van der Waals surface area contributed by atoms with Gasteiger partial charge < -0.3 is 4.42 Å². The van der Waals surface area contributed by atoms with Gasteiger partial charge in [0.2, 0.25) is 0 Å². The fourth-order valence-corrected chi connectivity index (χ4v) is 3.77. The molecule has 3 aromatic carbocycles. The summed E-state index contributed by atoms with van der Waals surface area (Å²) < 4.78 is 6.18. The smallest absolute Gasteiger partial charge is 0.278 e. The Labute approximate surface area is 174 Å². The van der Waals surface area contributed by atoms with Gasteiger partial charge in [-0.25, -0.2) is 0 Å². The molecular formula is C23H13N3O5. The third kappa shape index (κ3) is 2.98. The van der Waals surface area contributed by atoms with Crippen LogP contribution in [0.4, 0.5) is 11.4 Å². The van der Waals surface area contributed by atoms with Crippen LogP contribution >= 0.6 is 0 Å². The lowest BCUT2D eigenvalue weighted by molar-refractivity contribution is -0.384. The lowest BCUT2D eigenvalue weighted by Gasteiger charge is -2.07. The second kappa shape index (κ2) is 7.03. The Kier molecular flexibility index (Phi) is 4.18. The number of pyridine rings is 1. The van der Waals surface area contributed by atoms with Crippen LogP contribution in [0.3, 0.4) is 0 Å². The van der Waals surface area contributed by atoms with E-state index in [1.54, 1.807) is 36.5 Å². The second-order valence-electron chi connectivity index (χ2n) is 6.90. The summed E-state index contributed by atoms with van der Waals surface area (Å²) in [5.41, 5.74) is 3.10. The first-order valence-corrected chi connectivity index (χ1v) is 9.33. The Hall–Kier alpha value is -4.59. The Morgan fingerprint density at radius 2 is 1.52 bits per heavy atom. The second-order valence-corrected chi connectivity index (χ2v) is 6.90. The fourth-order valence-electron chi connectivity index (χ4n) is 3.77. The van der Waals surface area contributed by atoms with E-state index in [4.69, 9.17) is 4.42 Å². The molecule has 0 bridgehead atoms. The summed E-state index contributed by atoms with van der Waals surface area (Å²) in [5, 5.41) is 23.8. The Bertz CT molecular complexity index is 1490. The van der Waals surface area contributed by atoms with Gasteiger partial charge in [-0.2, -0.15) is 0 Å². The maximum absolute atomic E-state index is 11.5. The van der Waals surface area contributed by atoms with E-state index in [0.29, 0.717) is 27.8 Å². The third-order valence-electron chi connectivity index (χ3n) is 5.15. The first-order chi connectivity index (χ1) is 15.0. The minimum absolute atomic E-state index is 0.0134. The molecule has 0 aliphatic heterocycles. The number of nitro benzene ring substituents is 2. The van der Waals surface area contributed by atoms with Crippen molar-refractivity contribution in [3.63, 3.8) is 0 Å². The molecule has 0 N–H and O–H groups in total. The Morgan fingerprint density at radius 1 is 0.774 bits per heavy atom. The van der Waals surface area contributed by atoms with Gasteiger partial charge in [-0.3, -0.25) is 25.2 Å². The summed E-state index contributed by atoms with van der Waals surface area (Å²) >= 11 is 0. The lowest BCUT2D eigenvalue weighted by Crippen LogP contribution is -1.93. The molecule has 0 aliphatic rings. The van der Waals surface area contributed by atoms with E-state index in [0.717, 1.165) is 16.5 Å². The van der Waals surface area contributed by atoms with Crippen LogP contribution in [0, 0.1) is 20.2 Å². The van der Waals surface area contributed by atoms with E-state index in [9.17, 15) is 20.2 Å². The zero-order valence-electron chi connectivity index (χ0n) is 15.9. The first kappa shape index (κ1) is 18.4. The molecule has 0 saturated heterocycles. The van der Waals surface area contributed by atoms with Gasteiger partial charge in [0.05, 0.1) is 20.7 Å². The summed E-state index contributed by atoms with van der Waals surface area (Å²) in [4.78, 5) is 26.0. The molecule has 0 fully saturated rings. The molecule has 0 spiro atoms. The van der Waals surface area contributed by atoms with Crippen molar-refractivity contribution in [3.05, 3.63) is 99.2 Å². The zero-order valence-corrected chi connectivity index (χ0v) is 15.9. The van der Waals surface area contributed by atoms with Crippen LogP contribution in [0.15, 0.2) is 83.4 Å². The van der Waals surface area contributed by atoms with Crippen molar-refractivity contribution in [1.82, 2.24) is 4.98 Å². The minimum atomic E-state index is -0.452. The van der Waals surface area contributed by atoms with Crippen molar-refractivity contribution < 1.29 is 14.3 Å². The van der Waals surface area contributed by atoms with Crippen LogP contribution in [0.25, 0.3) is 44.3 Å². The van der Waals surface area contributed by atoms with E-state index in [2.05, 4.69) is 4.98 Å². The SMILES string of the molecule is O=[N+]([O-])c1ccc(-c2c(-c3ccc([N+](=O)[O-])c4cccnc34)oc3ccccc23)cc1. The Balaban J connectivity index is 1.83. The molecule has 0 aliphatic carbocycles. The third-order valence-corrected chi connectivity index (χ3v) is 5.15. The van der Waals surface area contributed by atoms with Gasteiger partial charge in [-0.15, -0.1) is 0 Å². The van der Waals surface area contributed by atoms with Crippen LogP contribution < -0.4 is 0 Å². The van der Waals surface area contributed by atoms with Crippen LogP contribution in [0.1, 0.15) is 0 Å². The van der Waals surface area contributed by atoms with Crippen LogP contribution in [0.2, 0.25) is 0 Å². The quantitative estimate of drug-likeness (QED) is 0.260. The molecule has 0 unspecified atom stereocenters. The van der Waals surface area contributed by atoms with Crippen LogP contribution in [-0.4, -0.2) is 14.8 Å². The van der Waals surface area contributed by atoms with Gasteiger partial charge in [0.25, 0.3) is 11.4 Å². The number of furan rings is 1. The van der Waals surface area contributed by atoms with Gasteiger partial charge in [0.15, 0.2) is 0 Å². The molecule has 0 radical (unpaired) electrons. The number of rotatable bonds is 4. The molecule has 2 aromatic heterocycles.